The van der Waals surface area contributed by atoms with Gasteiger partial charge in [0.2, 0.25) is 5.91 Å². The highest BCUT2D eigenvalue weighted by molar-refractivity contribution is 7.12. The van der Waals surface area contributed by atoms with Gasteiger partial charge in [0, 0.05) is 16.7 Å². The van der Waals surface area contributed by atoms with Crippen molar-refractivity contribution in [3.05, 3.63) is 93.2 Å². The maximum Gasteiger partial charge on any atom is 0.224 e. The molecule has 0 aliphatic carbocycles. The van der Waals surface area contributed by atoms with Crippen LogP contribution in [0, 0.1) is 13.8 Å². The second kappa shape index (κ2) is 8.15. The van der Waals surface area contributed by atoms with Gasteiger partial charge in [0.1, 0.15) is 0 Å². The van der Waals surface area contributed by atoms with E-state index < -0.39 is 0 Å². The molecule has 26 heavy (non-hydrogen) atoms. The normalized spacial score (nSPS) is 11.4. The second-order valence-electron chi connectivity index (χ2n) is 6.43. The van der Waals surface area contributed by atoms with Crippen LogP contribution in [-0.2, 0) is 11.3 Å². The molecule has 132 valence electrons. The third-order valence-corrected chi connectivity index (χ3v) is 5.19. The van der Waals surface area contributed by atoms with E-state index >= 15 is 0 Å². The van der Waals surface area contributed by atoms with Crippen LogP contribution >= 0.6 is 11.3 Å². The minimum Gasteiger partial charge on any atom is -0.308 e. The number of thiophene rings is 1. The third kappa shape index (κ3) is 4.50. The minimum atomic E-state index is 0.0361. The van der Waals surface area contributed by atoms with Gasteiger partial charge < -0.3 is 4.90 Å². The van der Waals surface area contributed by atoms with Crippen molar-refractivity contribution in [2.75, 3.05) is 0 Å². The van der Waals surface area contributed by atoms with Crippen molar-refractivity contribution < 1.29 is 4.79 Å². The lowest BCUT2D eigenvalue weighted by atomic mass is 10.1. The zero-order valence-corrected chi connectivity index (χ0v) is 16.2. The molecule has 0 unspecified atom stereocenters. The number of amides is 1. The zero-order chi connectivity index (χ0) is 18.5. The van der Waals surface area contributed by atoms with Crippen molar-refractivity contribution in [3.63, 3.8) is 0 Å². The summed E-state index contributed by atoms with van der Waals surface area (Å²) in [6, 6.07) is 22.7. The van der Waals surface area contributed by atoms with Crippen molar-refractivity contribution in [1.82, 2.24) is 4.90 Å². The van der Waals surface area contributed by atoms with Crippen molar-refractivity contribution in [3.8, 4) is 0 Å². The number of hydrogen-bond acceptors (Lipinski definition) is 2. The van der Waals surface area contributed by atoms with Crippen molar-refractivity contribution in [2.45, 2.75) is 27.3 Å². The van der Waals surface area contributed by atoms with Gasteiger partial charge in [-0.25, -0.2) is 0 Å². The van der Waals surface area contributed by atoms with E-state index in [1.807, 2.05) is 23.1 Å². The molecule has 2 nitrogen and oxygen atoms in total. The predicted molar refractivity (Wildman–Crippen MR) is 111 cm³/mol. The SMILES string of the molecule is CC(=O)N(Cc1ccccc1)/C(=C\c1ccc(C)s1)c1ccc(C)cc1. The molecular formula is C23H23NOS. The van der Waals surface area contributed by atoms with E-state index in [1.54, 1.807) is 18.3 Å². The van der Waals surface area contributed by atoms with Crippen LogP contribution in [0.5, 0.6) is 0 Å². The number of nitrogens with zero attached hydrogens (tertiary/aromatic N) is 1. The first-order valence-electron chi connectivity index (χ1n) is 8.70. The van der Waals surface area contributed by atoms with Gasteiger partial charge in [-0.1, -0.05) is 60.2 Å². The Labute approximate surface area is 159 Å². The van der Waals surface area contributed by atoms with Gasteiger partial charge in [0.15, 0.2) is 0 Å². The molecule has 0 aliphatic rings. The first kappa shape index (κ1) is 18.2. The minimum absolute atomic E-state index is 0.0361. The standard InChI is InChI=1S/C23H23NOS/c1-17-9-12-21(13-10-17)23(15-22-14-11-18(2)26-22)24(19(3)25)16-20-7-5-4-6-8-20/h4-15H,16H2,1-3H3/b23-15-. The summed E-state index contributed by atoms with van der Waals surface area (Å²) in [5, 5.41) is 0. The van der Waals surface area contributed by atoms with E-state index in [4.69, 9.17) is 0 Å². The summed E-state index contributed by atoms with van der Waals surface area (Å²) >= 11 is 1.73. The Morgan fingerprint density at radius 1 is 0.962 bits per heavy atom. The maximum absolute atomic E-state index is 12.5. The van der Waals surface area contributed by atoms with Gasteiger partial charge >= 0.3 is 0 Å². The summed E-state index contributed by atoms with van der Waals surface area (Å²) in [5.74, 6) is 0.0361. The number of carbonyl (C=O) groups excluding carboxylic acids is 1. The Kier molecular flexibility index (Phi) is 5.69. The topological polar surface area (TPSA) is 20.3 Å². The van der Waals surface area contributed by atoms with E-state index in [2.05, 4.69) is 68.5 Å². The van der Waals surface area contributed by atoms with E-state index in [0.717, 1.165) is 21.7 Å². The first-order chi connectivity index (χ1) is 12.5. The van der Waals surface area contributed by atoms with Crippen LogP contribution in [0.1, 0.15) is 33.4 Å². The molecule has 1 amide bonds. The molecule has 0 fully saturated rings. The highest BCUT2D eigenvalue weighted by Crippen LogP contribution is 2.28. The zero-order valence-electron chi connectivity index (χ0n) is 15.4. The fourth-order valence-corrected chi connectivity index (χ4v) is 3.65. The molecule has 0 saturated heterocycles. The van der Waals surface area contributed by atoms with Gasteiger partial charge in [-0.15, -0.1) is 11.3 Å². The second-order valence-corrected chi connectivity index (χ2v) is 7.75. The predicted octanol–water partition coefficient (Wildman–Crippen LogP) is 5.91. The van der Waals surface area contributed by atoms with Crippen LogP contribution in [0.4, 0.5) is 0 Å². The molecular weight excluding hydrogens is 338 g/mol. The van der Waals surface area contributed by atoms with Gasteiger partial charge in [-0.05, 0) is 43.2 Å². The molecule has 3 aromatic rings. The lowest BCUT2D eigenvalue weighted by molar-refractivity contribution is -0.126. The molecule has 0 atom stereocenters. The molecule has 1 aromatic heterocycles. The van der Waals surface area contributed by atoms with Gasteiger partial charge in [0.05, 0.1) is 12.2 Å². The summed E-state index contributed by atoms with van der Waals surface area (Å²) in [4.78, 5) is 16.8. The molecule has 0 aliphatic heterocycles. The molecule has 0 saturated carbocycles. The lowest BCUT2D eigenvalue weighted by Crippen LogP contribution is -2.26. The third-order valence-electron chi connectivity index (χ3n) is 4.24. The average Bonchev–Trinajstić information content (AvgIpc) is 3.04. The van der Waals surface area contributed by atoms with E-state index in [-0.39, 0.29) is 5.91 Å². The molecule has 2 aromatic carbocycles. The average molecular weight is 362 g/mol. The summed E-state index contributed by atoms with van der Waals surface area (Å²) in [5.41, 5.74) is 4.30. The molecule has 0 bridgehead atoms. The number of rotatable bonds is 5. The van der Waals surface area contributed by atoms with E-state index in [9.17, 15) is 4.79 Å². The van der Waals surface area contributed by atoms with Crippen molar-refractivity contribution in [1.29, 1.82) is 0 Å². The lowest BCUT2D eigenvalue weighted by Gasteiger charge is -2.25. The Morgan fingerprint density at radius 3 is 2.23 bits per heavy atom. The molecule has 1 heterocycles. The fourth-order valence-electron chi connectivity index (χ4n) is 2.84. The quantitative estimate of drug-likeness (QED) is 0.553. The molecule has 0 spiro atoms. The number of benzene rings is 2. The first-order valence-corrected chi connectivity index (χ1v) is 9.52. The Bertz CT molecular complexity index is 907. The number of carbonyl (C=O) groups is 1. The largest absolute Gasteiger partial charge is 0.308 e. The molecule has 0 radical (unpaired) electrons. The van der Waals surface area contributed by atoms with E-state index in [1.165, 1.54) is 10.4 Å². The van der Waals surface area contributed by atoms with Crippen LogP contribution in [0.25, 0.3) is 11.8 Å². The highest BCUT2D eigenvalue weighted by atomic mass is 32.1. The van der Waals surface area contributed by atoms with Crippen molar-refractivity contribution in [2.24, 2.45) is 0 Å². The number of aryl methyl sites for hydroxylation is 2. The smallest absolute Gasteiger partial charge is 0.224 e. The Balaban J connectivity index is 2.05. The molecule has 3 rings (SSSR count). The van der Waals surface area contributed by atoms with Crippen LogP contribution in [0.2, 0.25) is 0 Å². The fraction of sp³-hybridized carbons (Fsp3) is 0.174. The number of hydrogen-bond donors (Lipinski definition) is 0. The van der Waals surface area contributed by atoms with Crippen LogP contribution in [0.15, 0.2) is 66.7 Å². The van der Waals surface area contributed by atoms with Crippen LogP contribution < -0.4 is 0 Å². The Morgan fingerprint density at radius 2 is 1.65 bits per heavy atom. The van der Waals surface area contributed by atoms with E-state index in [0.29, 0.717) is 6.54 Å². The van der Waals surface area contributed by atoms with Gasteiger partial charge in [0.25, 0.3) is 0 Å². The highest BCUT2D eigenvalue weighted by Gasteiger charge is 2.17. The summed E-state index contributed by atoms with van der Waals surface area (Å²) in [7, 11) is 0. The Hall–Kier alpha value is -2.65. The monoisotopic (exact) mass is 361 g/mol. The van der Waals surface area contributed by atoms with Gasteiger partial charge in [-0.3, -0.25) is 4.79 Å². The van der Waals surface area contributed by atoms with Crippen molar-refractivity contribution >= 4 is 29.0 Å². The summed E-state index contributed by atoms with van der Waals surface area (Å²) in [6.07, 6.45) is 2.12. The van der Waals surface area contributed by atoms with Crippen LogP contribution in [0.3, 0.4) is 0 Å². The molecule has 0 N–H and O–H groups in total. The molecule has 3 heteroatoms. The van der Waals surface area contributed by atoms with Crippen LogP contribution in [-0.4, -0.2) is 10.8 Å². The van der Waals surface area contributed by atoms with Gasteiger partial charge in [-0.2, -0.15) is 0 Å². The summed E-state index contributed by atoms with van der Waals surface area (Å²) in [6.45, 7) is 6.35. The summed E-state index contributed by atoms with van der Waals surface area (Å²) < 4.78 is 0. The maximum atomic E-state index is 12.5.